The van der Waals surface area contributed by atoms with E-state index in [1.54, 1.807) is 18.3 Å². The van der Waals surface area contributed by atoms with Crippen LogP contribution in [-0.2, 0) is 6.54 Å². The Morgan fingerprint density at radius 2 is 1.84 bits per heavy atom. The van der Waals surface area contributed by atoms with Crippen LogP contribution in [0.1, 0.15) is 42.9 Å². The van der Waals surface area contributed by atoms with Gasteiger partial charge >= 0.3 is 0 Å². The van der Waals surface area contributed by atoms with Crippen molar-refractivity contribution in [1.29, 1.82) is 0 Å². The lowest BCUT2D eigenvalue weighted by atomic mass is 10.0. The van der Waals surface area contributed by atoms with Crippen LogP contribution in [0.25, 0.3) is 22.3 Å². The molecule has 1 saturated heterocycles. The van der Waals surface area contributed by atoms with E-state index in [4.69, 9.17) is 21.6 Å². The van der Waals surface area contributed by atoms with E-state index in [1.165, 1.54) is 0 Å². The molecule has 3 N–H and O–H groups in total. The maximum Gasteiger partial charge on any atom is 0.168 e. The number of nitrogens with one attached hydrogen (secondary N) is 3. The summed E-state index contributed by atoms with van der Waals surface area (Å²) in [5.74, 6) is -0.455. The number of hydrogen-bond donors (Lipinski definition) is 3. The summed E-state index contributed by atoms with van der Waals surface area (Å²) >= 11 is 6.57. The van der Waals surface area contributed by atoms with Gasteiger partial charge in [0.05, 0.1) is 11.9 Å². The minimum absolute atomic E-state index is 0.126. The maximum absolute atomic E-state index is 14.1. The molecule has 5 heterocycles. The monoisotopic (exact) mass is 522 g/mol. The molecule has 0 bridgehead atoms. The lowest BCUT2D eigenvalue weighted by molar-refractivity contribution is 0.385. The summed E-state index contributed by atoms with van der Waals surface area (Å²) in [5.41, 5.74) is 3.30. The van der Waals surface area contributed by atoms with E-state index in [2.05, 4.69) is 30.9 Å². The molecule has 1 aliphatic carbocycles. The molecule has 1 aliphatic heterocycles. The first-order chi connectivity index (χ1) is 18.0. The van der Waals surface area contributed by atoms with Crippen molar-refractivity contribution >= 4 is 34.1 Å². The van der Waals surface area contributed by atoms with Gasteiger partial charge in [-0.25, -0.2) is 33.7 Å². The first-order valence-electron chi connectivity index (χ1n) is 12.4. The Morgan fingerprint density at radius 1 is 1.00 bits per heavy atom. The van der Waals surface area contributed by atoms with Crippen LogP contribution >= 0.6 is 11.6 Å². The third-order valence-corrected chi connectivity index (χ3v) is 7.05. The Morgan fingerprint density at radius 3 is 2.62 bits per heavy atom. The topological polar surface area (TPSA) is 101 Å². The van der Waals surface area contributed by atoms with Gasteiger partial charge in [0.25, 0.3) is 0 Å². The van der Waals surface area contributed by atoms with Gasteiger partial charge in [-0.2, -0.15) is 0 Å². The predicted octanol–water partition coefficient (Wildman–Crippen LogP) is 4.88. The third kappa shape index (κ3) is 5.22. The van der Waals surface area contributed by atoms with Crippen LogP contribution < -0.4 is 16.0 Å². The van der Waals surface area contributed by atoms with Gasteiger partial charge in [0.15, 0.2) is 22.6 Å². The molecular weight excluding hydrogens is 498 g/mol. The number of piperidine rings is 1. The second-order valence-corrected chi connectivity index (χ2v) is 9.80. The summed E-state index contributed by atoms with van der Waals surface area (Å²) < 4.78 is 27.4. The van der Waals surface area contributed by atoms with Crippen LogP contribution in [0.5, 0.6) is 0 Å². The molecule has 4 aromatic heterocycles. The van der Waals surface area contributed by atoms with Gasteiger partial charge in [0.1, 0.15) is 17.2 Å². The predicted molar refractivity (Wildman–Crippen MR) is 138 cm³/mol. The van der Waals surface area contributed by atoms with Crippen molar-refractivity contribution in [3.63, 3.8) is 0 Å². The second-order valence-electron chi connectivity index (χ2n) is 9.44. The molecular formula is C26H25ClF2N8. The summed E-state index contributed by atoms with van der Waals surface area (Å²) in [4.78, 5) is 22.2. The van der Waals surface area contributed by atoms with Crippen molar-refractivity contribution in [1.82, 2.24) is 35.6 Å². The quantitative estimate of drug-likeness (QED) is 0.295. The fraction of sp³-hybridized carbons (Fsp3) is 0.346. The number of pyridine rings is 3. The average molecular weight is 523 g/mol. The maximum atomic E-state index is 14.1. The van der Waals surface area contributed by atoms with Crippen LogP contribution in [0, 0.1) is 11.6 Å². The van der Waals surface area contributed by atoms with E-state index in [-0.39, 0.29) is 5.82 Å². The SMILES string of the molecule is Fc1cnc(Nc2cc(-c3nc(CNC4CCNCC4)c4c(C5CC5)cnc(Cl)c4n3)ccn2)c(F)c1. The van der Waals surface area contributed by atoms with E-state index in [0.29, 0.717) is 46.4 Å². The van der Waals surface area contributed by atoms with Gasteiger partial charge in [-0.3, -0.25) is 0 Å². The average Bonchev–Trinajstić information content (AvgIpc) is 3.76. The van der Waals surface area contributed by atoms with Gasteiger partial charge in [0.2, 0.25) is 0 Å². The number of anilines is 2. The first kappa shape index (κ1) is 24.0. The van der Waals surface area contributed by atoms with Gasteiger partial charge in [-0.05, 0) is 62.4 Å². The standard InChI is InChI=1S/C26H25ClF2N8/c27-24-23-22(18(12-33-24)14-1-2-14)20(13-32-17-4-6-30-7-5-17)35-25(37-23)15-3-8-31-21(9-15)36-26-19(29)10-16(28)11-34-26/h3,8-12,14,17,30,32H,1-2,4-7,13H2,(H,31,34,36). The van der Waals surface area contributed by atoms with Gasteiger partial charge in [-0.1, -0.05) is 11.6 Å². The molecule has 0 spiro atoms. The Bertz CT molecular complexity index is 1460. The number of halogens is 3. The highest BCUT2D eigenvalue weighted by Crippen LogP contribution is 2.44. The van der Waals surface area contributed by atoms with Crippen molar-refractivity contribution < 1.29 is 8.78 Å². The van der Waals surface area contributed by atoms with Crippen LogP contribution in [0.4, 0.5) is 20.4 Å². The van der Waals surface area contributed by atoms with E-state index < -0.39 is 11.6 Å². The molecule has 0 aromatic carbocycles. The molecule has 37 heavy (non-hydrogen) atoms. The van der Waals surface area contributed by atoms with E-state index >= 15 is 0 Å². The number of rotatable bonds is 7. The molecule has 0 atom stereocenters. The lowest BCUT2D eigenvalue weighted by Crippen LogP contribution is -2.39. The molecule has 0 unspecified atom stereocenters. The van der Waals surface area contributed by atoms with Crippen molar-refractivity contribution in [2.75, 3.05) is 18.4 Å². The normalized spacial score (nSPS) is 16.3. The largest absolute Gasteiger partial charge is 0.322 e. The number of aromatic nitrogens is 5. The Kier molecular flexibility index (Phi) is 6.62. The summed E-state index contributed by atoms with van der Waals surface area (Å²) in [6, 6.07) is 4.64. The highest BCUT2D eigenvalue weighted by Gasteiger charge is 2.29. The Balaban J connectivity index is 1.39. The highest BCUT2D eigenvalue weighted by molar-refractivity contribution is 6.34. The fourth-order valence-electron chi connectivity index (χ4n) is 4.71. The van der Waals surface area contributed by atoms with Crippen LogP contribution in [0.15, 0.2) is 36.8 Å². The number of hydrogen-bond acceptors (Lipinski definition) is 8. The van der Waals surface area contributed by atoms with Crippen molar-refractivity contribution in [3.05, 3.63) is 64.8 Å². The second kappa shape index (κ2) is 10.2. The van der Waals surface area contributed by atoms with Gasteiger partial charge in [0, 0.05) is 42.0 Å². The molecule has 0 radical (unpaired) electrons. The molecule has 190 valence electrons. The zero-order chi connectivity index (χ0) is 25.4. The first-order valence-corrected chi connectivity index (χ1v) is 12.8. The van der Waals surface area contributed by atoms with E-state index in [9.17, 15) is 8.78 Å². The zero-order valence-corrected chi connectivity index (χ0v) is 20.7. The lowest BCUT2D eigenvalue weighted by Gasteiger charge is -2.24. The fourth-order valence-corrected chi connectivity index (χ4v) is 4.89. The van der Waals surface area contributed by atoms with Gasteiger partial charge < -0.3 is 16.0 Å². The molecule has 2 fully saturated rings. The summed E-state index contributed by atoms with van der Waals surface area (Å²) in [7, 11) is 0. The highest BCUT2D eigenvalue weighted by atomic mass is 35.5. The summed E-state index contributed by atoms with van der Waals surface area (Å²) in [5, 5.41) is 11.2. The molecule has 1 saturated carbocycles. The van der Waals surface area contributed by atoms with Crippen molar-refractivity contribution in [3.8, 4) is 11.4 Å². The third-order valence-electron chi connectivity index (χ3n) is 6.77. The zero-order valence-electron chi connectivity index (χ0n) is 19.9. The molecule has 2 aliphatic rings. The molecule has 4 aromatic rings. The number of nitrogens with zero attached hydrogens (tertiary/aromatic N) is 5. The summed E-state index contributed by atoms with van der Waals surface area (Å²) in [6.45, 7) is 2.57. The Labute approximate surface area is 217 Å². The van der Waals surface area contributed by atoms with Crippen LogP contribution in [-0.4, -0.2) is 44.1 Å². The minimum Gasteiger partial charge on any atom is -0.322 e. The van der Waals surface area contributed by atoms with Crippen LogP contribution in [0.3, 0.4) is 0 Å². The van der Waals surface area contributed by atoms with Gasteiger partial charge in [-0.15, -0.1) is 0 Å². The molecule has 8 nitrogen and oxygen atoms in total. The van der Waals surface area contributed by atoms with Crippen molar-refractivity contribution in [2.24, 2.45) is 0 Å². The number of fused-ring (bicyclic) bond motifs is 1. The smallest absolute Gasteiger partial charge is 0.168 e. The molecule has 11 heteroatoms. The van der Waals surface area contributed by atoms with Crippen LogP contribution in [0.2, 0.25) is 5.15 Å². The van der Waals surface area contributed by atoms with Crippen molar-refractivity contribution in [2.45, 2.75) is 44.2 Å². The van der Waals surface area contributed by atoms with E-state index in [1.807, 2.05) is 6.20 Å². The molecule has 0 amide bonds. The Hall–Kier alpha value is -3.34. The van der Waals surface area contributed by atoms with E-state index in [0.717, 1.165) is 67.7 Å². The summed E-state index contributed by atoms with van der Waals surface area (Å²) in [6.07, 6.45) is 8.72. The minimum atomic E-state index is -0.814. The molecule has 6 rings (SSSR count).